The molecule has 1 saturated carbocycles. The van der Waals surface area contributed by atoms with Crippen LogP contribution in [-0.4, -0.2) is 55.8 Å². The van der Waals surface area contributed by atoms with Crippen molar-refractivity contribution < 1.29 is 26.9 Å². The summed E-state index contributed by atoms with van der Waals surface area (Å²) in [7, 11) is -3.74. The Morgan fingerprint density at radius 2 is 1.91 bits per heavy atom. The number of carbonyl (C=O) groups is 1. The van der Waals surface area contributed by atoms with E-state index >= 15 is 0 Å². The monoisotopic (exact) mass is 502 g/mol. The van der Waals surface area contributed by atoms with Crippen molar-refractivity contribution in [3.63, 3.8) is 0 Å². The van der Waals surface area contributed by atoms with Crippen molar-refractivity contribution in [1.82, 2.24) is 9.88 Å². The fraction of sp³-hybridized carbons (Fsp3) is 0.538. The molecule has 8 nitrogen and oxygen atoms in total. The molecule has 35 heavy (non-hydrogen) atoms. The maximum absolute atomic E-state index is 12.4. The summed E-state index contributed by atoms with van der Waals surface area (Å²) in [5, 5.41) is 0. The zero-order chi connectivity index (χ0) is 25.2. The van der Waals surface area contributed by atoms with E-state index in [1.165, 1.54) is 0 Å². The van der Waals surface area contributed by atoms with Gasteiger partial charge in [-0.1, -0.05) is 17.7 Å². The molecular weight excluding hydrogens is 468 g/mol. The summed E-state index contributed by atoms with van der Waals surface area (Å²) < 4.78 is 41.3. The lowest BCUT2D eigenvalue weighted by molar-refractivity contribution is -0.0141. The number of aromatic nitrogens is 1. The Morgan fingerprint density at radius 1 is 1.17 bits per heavy atom. The van der Waals surface area contributed by atoms with E-state index in [1.54, 1.807) is 35.4 Å². The molecule has 190 valence electrons. The smallest absolute Gasteiger partial charge is 0.410 e. The van der Waals surface area contributed by atoms with Gasteiger partial charge >= 0.3 is 6.09 Å². The summed E-state index contributed by atoms with van der Waals surface area (Å²) in [5.41, 5.74) is 1.55. The number of likely N-dealkylation sites (tertiary alicyclic amines) is 1. The van der Waals surface area contributed by atoms with Crippen LogP contribution in [0.5, 0.6) is 5.75 Å². The van der Waals surface area contributed by atoms with Crippen LogP contribution in [0.1, 0.15) is 57.1 Å². The number of nitrogens with zero attached hydrogens (tertiary/aromatic N) is 2. The second-order valence-electron chi connectivity index (χ2n) is 10.4. The van der Waals surface area contributed by atoms with E-state index in [4.69, 9.17) is 13.7 Å². The number of benzene rings is 1. The molecule has 2 fully saturated rings. The van der Waals surface area contributed by atoms with Crippen LogP contribution in [0.2, 0.25) is 0 Å². The van der Waals surface area contributed by atoms with Gasteiger partial charge in [0, 0.05) is 12.7 Å². The Bertz CT molecular complexity index is 1140. The van der Waals surface area contributed by atoms with Gasteiger partial charge in [-0.2, -0.15) is 8.42 Å². The molecule has 2 heterocycles. The molecule has 1 aliphatic carbocycles. The van der Waals surface area contributed by atoms with E-state index in [0.29, 0.717) is 37.2 Å². The highest BCUT2D eigenvalue weighted by Gasteiger charge is 2.39. The van der Waals surface area contributed by atoms with Gasteiger partial charge < -0.3 is 14.4 Å². The minimum absolute atomic E-state index is 0.00481. The Morgan fingerprint density at radius 3 is 2.57 bits per heavy atom. The van der Waals surface area contributed by atoms with Gasteiger partial charge in [-0.25, -0.2) is 4.79 Å². The molecule has 1 aromatic carbocycles. The molecule has 2 aliphatic rings. The van der Waals surface area contributed by atoms with Crippen molar-refractivity contribution in [3.8, 4) is 5.75 Å². The van der Waals surface area contributed by atoms with Crippen LogP contribution in [0.4, 0.5) is 4.79 Å². The topological polar surface area (TPSA) is 95.0 Å². The number of pyridine rings is 1. The molecule has 0 radical (unpaired) electrons. The minimum atomic E-state index is -3.74. The molecule has 1 aliphatic heterocycles. The fourth-order valence-electron chi connectivity index (χ4n) is 4.14. The molecule has 3 atom stereocenters. The van der Waals surface area contributed by atoms with Crippen LogP contribution in [-0.2, 0) is 19.0 Å². The molecule has 0 bridgehead atoms. The number of rotatable bonds is 9. The molecule has 0 unspecified atom stereocenters. The van der Waals surface area contributed by atoms with Crippen LogP contribution in [0.25, 0.3) is 0 Å². The maximum Gasteiger partial charge on any atom is 0.410 e. The molecule has 0 N–H and O–H groups in total. The molecule has 4 rings (SSSR count). The van der Waals surface area contributed by atoms with E-state index in [-0.39, 0.29) is 23.6 Å². The lowest BCUT2D eigenvalue weighted by Crippen LogP contribution is -2.55. The van der Waals surface area contributed by atoms with E-state index < -0.39 is 15.7 Å². The van der Waals surface area contributed by atoms with Crippen LogP contribution in [0, 0.1) is 12.8 Å². The molecule has 0 spiro atoms. The average Bonchev–Trinajstić information content (AvgIpc) is 3.52. The van der Waals surface area contributed by atoms with E-state index in [1.807, 2.05) is 40.0 Å². The Labute approximate surface area is 207 Å². The van der Waals surface area contributed by atoms with E-state index in [9.17, 15) is 13.2 Å². The van der Waals surface area contributed by atoms with E-state index in [2.05, 4.69) is 4.98 Å². The van der Waals surface area contributed by atoms with Gasteiger partial charge in [0.1, 0.15) is 18.0 Å². The zero-order valence-electron chi connectivity index (χ0n) is 20.8. The predicted molar refractivity (Wildman–Crippen MR) is 131 cm³/mol. The lowest BCUT2D eigenvalue weighted by atomic mass is 10.1. The second-order valence-corrected chi connectivity index (χ2v) is 12.0. The Hall–Kier alpha value is -2.65. The van der Waals surface area contributed by atoms with Gasteiger partial charge in [-0.15, -0.1) is 0 Å². The molecule has 1 aromatic heterocycles. The summed E-state index contributed by atoms with van der Waals surface area (Å²) in [5.74, 6) is 1.34. The molecular formula is C26H34N2O6S. The summed E-state index contributed by atoms with van der Waals surface area (Å²) >= 11 is 0. The quantitative estimate of drug-likeness (QED) is 0.460. The normalized spacial score (nSPS) is 21.8. The first-order valence-corrected chi connectivity index (χ1v) is 13.5. The highest BCUT2D eigenvalue weighted by molar-refractivity contribution is 7.86. The van der Waals surface area contributed by atoms with Gasteiger partial charge in [0.05, 0.1) is 23.7 Å². The molecule has 1 amide bonds. The summed E-state index contributed by atoms with van der Waals surface area (Å²) in [6, 6.07) is 8.63. The largest absolute Gasteiger partial charge is 0.490 e. The van der Waals surface area contributed by atoms with Crippen molar-refractivity contribution in [1.29, 1.82) is 0 Å². The molecule has 9 heteroatoms. The van der Waals surface area contributed by atoms with Crippen LogP contribution < -0.4 is 4.74 Å². The van der Waals surface area contributed by atoms with Gasteiger partial charge in [-0.05, 0) is 82.6 Å². The number of aryl methyl sites for hydroxylation is 1. The van der Waals surface area contributed by atoms with Crippen molar-refractivity contribution in [3.05, 3.63) is 53.9 Å². The second kappa shape index (κ2) is 10.1. The van der Waals surface area contributed by atoms with E-state index in [0.717, 1.165) is 24.0 Å². The lowest BCUT2D eigenvalue weighted by Gasteiger charge is -2.40. The van der Waals surface area contributed by atoms with Crippen molar-refractivity contribution in [2.24, 2.45) is 5.92 Å². The first-order chi connectivity index (χ1) is 16.5. The number of amides is 1. The first kappa shape index (κ1) is 25.4. The average molecular weight is 503 g/mol. The standard InChI is InChI=1S/C26H34N2O6S/c1-18-5-7-23(8-6-18)35(30,31)33-12-10-19-14-24(19)20-13-22(16-27-15-20)32-17-21-9-11-28(21)25(29)34-26(2,3)4/h5-8,13,15-16,19,21,24H,9-12,14,17H2,1-4H3/t19-,21-,24-/m0/s1. The third kappa shape index (κ3) is 6.73. The van der Waals surface area contributed by atoms with Crippen LogP contribution in [0.3, 0.4) is 0 Å². The minimum Gasteiger partial charge on any atom is -0.490 e. The number of hydrogen-bond donors (Lipinski definition) is 0. The maximum atomic E-state index is 12.4. The van der Waals surface area contributed by atoms with Gasteiger partial charge in [0.25, 0.3) is 10.1 Å². The van der Waals surface area contributed by atoms with Crippen LogP contribution >= 0.6 is 0 Å². The van der Waals surface area contributed by atoms with Crippen LogP contribution in [0.15, 0.2) is 47.6 Å². The highest BCUT2D eigenvalue weighted by Crippen LogP contribution is 2.50. The zero-order valence-corrected chi connectivity index (χ0v) is 21.6. The Kier molecular flexibility index (Phi) is 7.38. The van der Waals surface area contributed by atoms with Crippen molar-refractivity contribution in [2.45, 2.75) is 69.4 Å². The SMILES string of the molecule is Cc1ccc(S(=O)(=O)OCC[C@H]2C[C@@H]2c2cncc(OC[C@@H]3CCN3C(=O)OC(C)(C)C)c2)cc1. The summed E-state index contributed by atoms with van der Waals surface area (Å²) in [4.78, 5) is 18.5. The van der Waals surface area contributed by atoms with Gasteiger partial charge in [0.2, 0.25) is 0 Å². The van der Waals surface area contributed by atoms with Gasteiger partial charge in [-0.3, -0.25) is 9.17 Å². The Balaban J connectivity index is 1.23. The highest BCUT2D eigenvalue weighted by atomic mass is 32.2. The fourth-order valence-corrected chi connectivity index (χ4v) is 5.06. The third-order valence-corrected chi connectivity index (χ3v) is 7.66. The summed E-state index contributed by atoms with van der Waals surface area (Å²) in [6.45, 7) is 8.69. The predicted octanol–water partition coefficient (Wildman–Crippen LogP) is 4.68. The number of carbonyl (C=O) groups excluding carboxylic acids is 1. The number of ether oxygens (including phenoxy) is 2. The van der Waals surface area contributed by atoms with Gasteiger partial charge in [0.15, 0.2) is 0 Å². The molecule has 1 saturated heterocycles. The first-order valence-electron chi connectivity index (χ1n) is 12.1. The summed E-state index contributed by atoms with van der Waals surface area (Å²) in [6.07, 6.45) is 5.70. The van der Waals surface area contributed by atoms with Crippen molar-refractivity contribution in [2.75, 3.05) is 19.8 Å². The van der Waals surface area contributed by atoms with Crippen molar-refractivity contribution >= 4 is 16.2 Å². The molecule has 2 aromatic rings. The third-order valence-electron chi connectivity index (χ3n) is 6.34. The number of hydrogen-bond acceptors (Lipinski definition) is 7.